The SMILES string of the molecule is NC(=O)c1nn(CC(=O)N2C[C@H](F)C[C@H]2C(=O)Nc2cccc(-c3ccc4c(c3)C=CC4)c2F)c2ccccc12. The van der Waals surface area contributed by atoms with Crippen LogP contribution in [0.25, 0.3) is 28.1 Å². The Kier molecular flexibility index (Phi) is 6.37. The highest BCUT2D eigenvalue weighted by molar-refractivity contribution is 6.04. The van der Waals surface area contributed by atoms with Crippen LogP contribution in [0.4, 0.5) is 14.5 Å². The minimum absolute atomic E-state index is 0.0113. The van der Waals surface area contributed by atoms with E-state index in [1.165, 1.54) is 10.7 Å². The summed E-state index contributed by atoms with van der Waals surface area (Å²) in [6, 6.07) is 16.0. The van der Waals surface area contributed by atoms with Crippen molar-refractivity contribution < 1.29 is 23.2 Å². The number of para-hydroxylation sites is 1. The molecule has 4 aromatic rings. The van der Waals surface area contributed by atoms with Crippen LogP contribution in [0.15, 0.2) is 66.7 Å². The zero-order chi connectivity index (χ0) is 28.0. The normalized spacial score (nSPS) is 17.8. The van der Waals surface area contributed by atoms with Crippen LogP contribution in [0, 0.1) is 5.82 Å². The smallest absolute Gasteiger partial charge is 0.269 e. The number of alkyl halides is 1. The lowest BCUT2D eigenvalue weighted by atomic mass is 9.99. The Bertz CT molecular complexity index is 1710. The fourth-order valence-corrected chi connectivity index (χ4v) is 5.44. The van der Waals surface area contributed by atoms with E-state index < -0.39 is 35.8 Å². The molecule has 0 spiro atoms. The summed E-state index contributed by atoms with van der Waals surface area (Å²) in [6.45, 7) is -0.620. The summed E-state index contributed by atoms with van der Waals surface area (Å²) in [5.41, 5.74) is 9.06. The van der Waals surface area contributed by atoms with E-state index >= 15 is 4.39 Å². The Balaban J connectivity index is 1.22. The molecule has 0 radical (unpaired) electrons. The van der Waals surface area contributed by atoms with Gasteiger partial charge in [-0.25, -0.2) is 8.78 Å². The van der Waals surface area contributed by atoms with Gasteiger partial charge in [0.25, 0.3) is 5.91 Å². The number of hydrogen-bond acceptors (Lipinski definition) is 4. The largest absolute Gasteiger partial charge is 0.364 e. The van der Waals surface area contributed by atoms with Crippen molar-refractivity contribution >= 4 is 40.4 Å². The van der Waals surface area contributed by atoms with Crippen molar-refractivity contribution in [2.24, 2.45) is 5.73 Å². The van der Waals surface area contributed by atoms with Crippen LogP contribution in [0.2, 0.25) is 0 Å². The van der Waals surface area contributed by atoms with Gasteiger partial charge < -0.3 is 16.0 Å². The van der Waals surface area contributed by atoms with E-state index in [1.807, 2.05) is 30.4 Å². The molecule has 2 aliphatic rings. The molecule has 1 aromatic heterocycles. The van der Waals surface area contributed by atoms with E-state index in [0.29, 0.717) is 22.0 Å². The second-order valence-electron chi connectivity index (χ2n) is 9.96. The number of allylic oxidation sites excluding steroid dienone is 1. The molecule has 1 aliphatic carbocycles. The summed E-state index contributed by atoms with van der Waals surface area (Å²) in [4.78, 5) is 39.5. The van der Waals surface area contributed by atoms with Gasteiger partial charge in [-0.05, 0) is 41.3 Å². The molecule has 2 heterocycles. The lowest BCUT2D eigenvalue weighted by Gasteiger charge is -2.24. The summed E-state index contributed by atoms with van der Waals surface area (Å²) in [6.07, 6.45) is 3.22. The van der Waals surface area contributed by atoms with Crippen molar-refractivity contribution in [1.29, 1.82) is 0 Å². The molecule has 40 heavy (non-hydrogen) atoms. The molecule has 8 nitrogen and oxygen atoms in total. The van der Waals surface area contributed by atoms with Gasteiger partial charge in [0, 0.05) is 17.4 Å². The number of nitrogens with zero attached hydrogens (tertiary/aromatic N) is 3. The number of halogens is 2. The minimum Gasteiger partial charge on any atom is -0.364 e. The van der Waals surface area contributed by atoms with Gasteiger partial charge in [-0.3, -0.25) is 19.1 Å². The fraction of sp³-hybridized carbons (Fsp3) is 0.200. The van der Waals surface area contributed by atoms with E-state index in [-0.39, 0.29) is 30.9 Å². The summed E-state index contributed by atoms with van der Waals surface area (Å²) in [5, 5.41) is 7.22. The molecular weight excluding hydrogens is 516 g/mol. The van der Waals surface area contributed by atoms with Crippen LogP contribution in [-0.2, 0) is 22.6 Å². The third kappa shape index (κ3) is 4.51. The Hall–Kier alpha value is -4.86. The lowest BCUT2D eigenvalue weighted by molar-refractivity contribution is -0.137. The van der Waals surface area contributed by atoms with Gasteiger partial charge in [0.05, 0.1) is 17.7 Å². The highest BCUT2D eigenvalue weighted by atomic mass is 19.1. The van der Waals surface area contributed by atoms with Gasteiger partial charge in [-0.15, -0.1) is 0 Å². The van der Waals surface area contributed by atoms with Gasteiger partial charge in [0.2, 0.25) is 11.8 Å². The van der Waals surface area contributed by atoms with Crippen molar-refractivity contribution in [1.82, 2.24) is 14.7 Å². The van der Waals surface area contributed by atoms with Gasteiger partial charge >= 0.3 is 0 Å². The Labute approximate surface area is 228 Å². The first kappa shape index (κ1) is 25.4. The molecular formula is C30H25F2N5O3. The second-order valence-corrected chi connectivity index (χ2v) is 9.96. The maximum absolute atomic E-state index is 15.6. The summed E-state index contributed by atoms with van der Waals surface area (Å²) < 4.78 is 31.4. The molecule has 3 aromatic carbocycles. The van der Waals surface area contributed by atoms with E-state index in [9.17, 15) is 18.8 Å². The monoisotopic (exact) mass is 541 g/mol. The molecule has 10 heteroatoms. The molecule has 1 saturated heterocycles. The number of rotatable bonds is 6. The van der Waals surface area contributed by atoms with Crippen molar-refractivity contribution in [3.05, 3.63) is 89.4 Å². The Morgan fingerprint density at radius 3 is 2.73 bits per heavy atom. The molecule has 0 unspecified atom stereocenters. The highest BCUT2D eigenvalue weighted by Crippen LogP contribution is 2.32. The van der Waals surface area contributed by atoms with Crippen LogP contribution >= 0.6 is 0 Å². The maximum Gasteiger partial charge on any atom is 0.269 e. The third-order valence-electron chi connectivity index (χ3n) is 7.40. The van der Waals surface area contributed by atoms with Gasteiger partial charge in [0.1, 0.15) is 18.8 Å². The maximum atomic E-state index is 15.6. The average molecular weight is 542 g/mol. The quantitative estimate of drug-likeness (QED) is 0.383. The molecule has 0 bridgehead atoms. The number of primary amides is 1. The number of likely N-dealkylation sites (tertiary alicyclic amines) is 1. The molecule has 3 amide bonds. The summed E-state index contributed by atoms with van der Waals surface area (Å²) in [5.74, 6) is -2.62. The number of hydrogen-bond donors (Lipinski definition) is 2. The number of aromatic nitrogens is 2. The van der Waals surface area contributed by atoms with Gasteiger partial charge in [0.15, 0.2) is 11.5 Å². The zero-order valence-electron chi connectivity index (χ0n) is 21.3. The fourth-order valence-electron chi connectivity index (χ4n) is 5.44. The molecule has 0 saturated carbocycles. The number of nitrogens with two attached hydrogens (primary N) is 1. The third-order valence-corrected chi connectivity index (χ3v) is 7.40. The minimum atomic E-state index is -1.43. The molecule has 3 N–H and O–H groups in total. The van der Waals surface area contributed by atoms with Crippen LogP contribution in [-0.4, -0.2) is 51.2 Å². The number of nitrogens with one attached hydrogen (secondary N) is 1. The summed E-state index contributed by atoms with van der Waals surface area (Å²) in [7, 11) is 0. The van der Waals surface area contributed by atoms with Gasteiger partial charge in [-0.2, -0.15) is 5.10 Å². The molecule has 1 fully saturated rings. The first-order valence-corrected chi connectivity index (χ1v) is 12.9. The predicted molar refractivity (Wildman–Crippen MR) is 146 cm³/mol. The molecule has 6 rings (SSSR count). The second kappa shape index (κ2) is 10.0. The number of fused-ring (bicyclic) bond motifs is 2. The van der Waals surface area contributed by atoms with Crippen LogP contribution in [0.3, 0.4) is 0 Å². The topological polar surface area (TPSA) is 110 Å². The van der Waals surface area contributed by atoms with E-state index in [2.05, 4.69) is 10.4 Å². The average Bonchev–Trinajstić information content (AvgIpc) is 3.66. The van der Waals surface area contributed by atoms with E-state index in [1.54, 1.807) is 36.4 Å². The van der Waals surface area contributed by atoms with E-state index in [0.717, 1.165) is 22.4 Å². The molecule has 1 aliphatic heterocycles. The van der Waals surface area contributed by atoms with Crippen molar-refractivity contribution in [3.8, 4) is 11.1 Å². The Morgan fingerprint density at radius 2 is 1.90 bits per heavy atom. The highest BCUT2D eigenvalue weighted by Gasteiger charge is 2.40. The predicted octanol–water partition coefficient (Wildman–Crippen LogP) is 4.09. The lowest BCUT2D eigenvalue weighted by Crippen LogP contribution is -2.44. The number of carbonyl (C=O) groups excluding carboxylic acids is 3. The van der Waals surface area contributed by atoms with E-state index in [4.69, 9.17) is 5.73 Å². The zero-order valence-corrected chi connectivity index (χ0v) is 21.3. The first-order valence-electron chi connectivity index (χ1n) is 12.9. The first-order chi connectivity index (χ1) is 19.3. The van der Waals surface area contributed by atoms with Crippen molar-refractivity contribution in [2.45, 2.75) is 31.6 Å². The Morgan fingerprint density at radius 1 is 1.07 bits per heavy atom. The number of carbonyl (C=O) groups is 3. The van der Waals surface area contributed by atoms with Crippen LogP contribution in [0.5, 0.6) is 0 Å². The number of anilines is 1. The number of benzene rings is 3. The van der Waals surface area contributed by atoms with Crippen LogP contribution in [0.1, 0.15) is 28.0 Å². The number of amides is 3. The van der Waals surface area contributed by atoms with Crippen molar-refractivity contribution in [2.75, 3.05) is 11.9 Å². The molecule has 2 atom stereocenters. The van der Waals surface area contributed by atoms with Crippen LogP contribution < -0.4 is 11.1 Å². The van der Waals surface area contributed by atoms with Gasteiger partial charge in [-0.1, -0.05) is 54.6 Å². The summed E-state index contributed by atoms with van der Waals surface area (Å²) >= 11 is 0. The van der Waals surface area contributed by atoms with Crippen molar-refractivity contribution in [3.63, 3.8) is 0 Å². The standard InChI is InChI=1S/C30H25F2N5O3/c31-20-14-25(36(15-20)26(38)16-37-24-10-2-1-7-22(24)28(35-37)29(33)39)30(40)34-23-9-4-8-21(27(23)32)19-12-11-17-5-3-6-18(17)13-19/h1-4,6-13,20,25H,5,14-16H2,(H2,33,39)(H,34,40)/t20-,25+/m1/s1. The molecule has 202 valence electrons.